The van der Waals surface area contributed by atoms with E-state index in [4.69, 9.17) is 0 Å². The summed E-state index contributed by atoms with van der Waals surface area (Å²) in [4.78, 5) is 0. The van der Waals surface area contributed by atoms with E-state index in [2.05, 4.69) is 46.5 Å². The zero-order valence-corrected chi connectivity index (χ0v) is 10.2. The molecule has 0 fully saturated rings. The van der Waals surface area contributed by atoms with Crippen molar-refractivity contribution < 1.29 is 5.11 Å². The number of hydrogen-bond acceptors (Lipinski definition) is 1. The fraction of sp³-hybridized carbons (Fsp3) is 0.800. The lowest BCUT2D eigenvalue weighted by Crippen LogP contribution is -2.36. The molecule has 0 radical (unpaired) electrons. The summed E-state index contributed by atoms with van der Waals surface area (Å²) in [5.41, 5.74) is -0.0302. The summed E-state index contributed by atoms with van der Waals surface area (Å²) >= 11 is 0. The van der Waals surface area contributed by atoms with Gasteiger partial charge in [0, 0.05) is 0 Å². The molecule has 0 aliphatic carbocycles. The quantitative estimate of drug-likeness (QED) is 0.519. The van der Waals surface area contributed by atoms with E-state index in [0.29, 0.717) is 0 Å². The minimum Gasteiger partial charge on any atom is -0.393 e. The largest absolute Gasteiger partial charge is 0.393 e. The first-order valence-electron chi connectivity index (χ1n) is 4.50. The van der Waals surface area contributed by atoms with Crippen LogP contribution in [0, 0.1) is 5.41 Å². The van der Waals surface area contributed by atoms with Crippen molar-refractivity contribution in [1.29, 1.82) is 0 Å². The Labute approximate surface area is 77.5 Å². The third-order valence-corrected chi connectivity index (χ3v) is 3.63. The molecule has 0 saturated heterocycles. The summed E-state index contributed by atoms with van der Waals surface area (Å²) in [6, 6.07) is 0. The highest BCUT2D eigenvalue weighted by atomic mass is 28.3. The van der Waals surface area contributed by atoms with Crippen LogP contribution >= 0.6 is 0 Å². The molecule has 0 heterocycles. The molecule has 0 aliphatic heterocycles. The maximum absolute atomic E-state index is 9.72. The lowest BCUT2D eigenvalue weighted by molar-refractivity contribution is 0.289. The zero-order valence-electron chi connectivity index (χ0n) is 9.18. The third-order valence-electron chi connectivity index (χ3n) is 1.67. The summed E-state index contributed by atoms with van der Waals surface area (Å²) in [5.74, 6) is 0. The van der Waals surface area contributed by atoms with E-state index in [1.54, 1.807) is 0 Å². The average Bonchev–Trinajstić information content (AvgIpc) is 1.78. The van der Waals surface area contributed by atoms with Crippen molar-refractivity contribution in [3.8, 4) is 0 Å². The van der Waals surface area contributed by atoms with Gasteiger partial charge in [0.05, 0.1) is 13.8 Å². The number of allylic oxidation sites excluding steroid dienone is 1. The number of rotatable bonds is 2. The molecule has 0 rings (SSSR count). The maximum Gasteiger partial charge on any atom is 0.0830 e. The van der Waals surface area contributed by atoms with Crippen molar-refractivity contribution in [2.75, 3.05) is 0 Å². The minimum atomic E-state index is -1.39. The molecule has 0 aromatic rings. The standard InChI is InChI=1S/C10H22OSi/c1-10(2,3)8-7-9(11)12(4,5)6/h7-9,11H,1-6H3/b8-7+/t9-/m0/s1. The van der Waals surface area contributed by atoms with Crippen LogP contribution in [0.3, 0.4) is 0 Å². The van der Waals surface area contributed by atoms with Gasteiger partial charge in [-0.2, -0.15) is 0 Å². The Kier molecular flexibility index (Phi) is 3.73. The molecular weight excluding hydrogens is 164 g/mol. The van der Waals surface area contributed by atoms with E-state index in [1.165, 1.54) is 0 Å². The summed E-state index contributed by atoms with van der Waals surface area (Å²) in [6.45, 7) is 12.9. The van der Waals surface area contributed by atoms with Crippen LogP contribution in [-0.4, -0.2) is 18.9 Å². The smallest absolute Gasteiger partial charge is 0.0830 e. The molecular formula is C10H22OSi. The summed E-state index contributed by atoms with van der Waals surface area (Å²) in [5, 5.41) is 9.72. The van der Waals surface area contributed by atoms with Crippen molar-refractivity contribution in [2.45, 2.75) is 46.1 Å². The first-order chi connectivity index (χ1) is 5.13. The molecule has 12 heavy (non-hydrogen) atoms. The molecule has 0 aromatic carbocycles. The van der Waals surface area contributed by atoms with Crippen molar-refractivity contribution in [2.24, 2.45) is 5.41 Å². The molecule has 0 saturated carbocycles. The minimum absolute atomic E-state index is 0.181. The number of aliphatic hydroxyl groups is 1. The molecule has 1 atom stereocenters. The second-order valence-corrected chi connectivity index (χ2v) is 10.9. The molecule has 1 N–H and O–H groups in total. The Morgan fingerprint density at radius 3 is 1.83 bits per heavy atom. The van der Waals surface area contributed by atoms with Crippen LogP contribution in [0.15, 0.2) is 12.2 Å². The van der Waals surface area contributed by atoms with Gasteiger partial charge in [0.2, 0.25) is 0 Å². The van der Waals surface area contributed by atoms with Gasteiger partial charge >= 0.3 is 0 Å². The van der Waals surface area contributed by atoms with Crippen LogP contribution in [0.4, 0.5) is 0 Å². The van der Waals surface area contributed by atoms with Gasteiger partial charge in [-0.1, -0.05) is 52.6 Å². The Morgan fingerprint density at radius 2 is 1.58 bits per heavy atom. The van der Waals surface area contributed by atoms with E-state index in [0.717, 1.165) is 0 Å². The van der Waals surface area contributed by atoms with E-state index < -0.39 is 8.07 Å². The van der Waals surface area contributed by atoms with Gasteiger partial charge in [-0.05, 0) is 5.41 Å². The van der Waals surface area contributed by atoms with Gasteiger partial charge in [-0.3, -0.25) is 0 Å². The Balaban J connectivity index is 4.19. The van der Waals surface area contributed by atoms with E-state index in [9.17, 15) is 5.11 Å². The molecule has 0 bridgehead atoms. The summed E-state index contributed by atoms with van der Waals surface area (Å²) in [7, 11) is -1.39. The summed E-state index contributed by atoms with van der Waals surface area (Å²) in [6.07, 6.45) is 4.04. The Morgan fingerprint density at radius 1 is 1.17 bits per heavy atom. The van der Waals surface area contributed by atoms with Gasteiger partial charge in [-0.15, -0.1) is 0 Å². The van der Waals surface area contributed by atoms with E-state index in [-0.39, 0.29) is 11.1 Å². The molecule has 0 aliphatic rings. The van der Waals surface area contributed by atoms with Crippen LogP contribution in [0.2, 0.25) is 19.6 Å². The van der Waals surface area contributed by atoms with Crippen LogP contribution in [0.5, 0.6) is 0 Å². The zero-order chi connectivity index (χ0) is 9.99. The highest BCUT2D eigenvalue weighted by molar-refractivity contribution is 6.77. The van der Waals surface area contributed by atoms with Gasteiger partial charge < -0.3 is 5.11 Å². The van der Waals surface area contributed by atoms with Crippen molar-refractivity contribution in [3.63, 3.8) is 0 Å². The normalized spacial score (nSPS) is 16.9. The van der Waals surface area contributed by atoms with Gasteiger partial charge in [0.1, 0.15) is 0 Å². The second-order valence-electron chi connectivity index (χ2n) is 5.54. The third kappa shape index (κ3) is 5.55. The fourth-order valence-corrected chi connectivity index (χ4v) is 1.34. The molecule has 0 aromatic heterocycles. The van der Waals surface area contributed by atoms with Crippen LogP contribution in [0.25, 0.3) is 0 Å². The molecule has 0 unspecified atom stereocenters. The van der Waals surface area contributed by atoms with Gasteiger partial charge in [0.25, 0.3) is 0 Å². The lowest BCUT2D eigenvalue weighted by atomic mass is 9.96. The molecule has 0 amide bonds. The fourth-order valence-electron chi connectivity index (χ4n) is 0.668. The molecule has 2 heteroatoms. The highest BCUT2D eigenvalue weighted by Crippen LogP contribution is 2.17. The first-order valence-corrected chi connectivity index (χ1v) is 8.08. The molecule has 0 spiro atoms. The maximum atomic E-state index is 9.72. The van der Waals surface area contributed by atoms with Gasteiger partial charge in [-0.25, -0.2) is 0 Å². The van der Waals surface area contributed by atoms with Crippen LogP contribution < -0.4 is 0 Å². The van der Waals surface area contributed by atoms with E-state index in [1.807, 2.05) is 6.08 Å². The predicted octanol–water partition coefficient (Wildman–Crippen LogP) is 2.83. The van der Waals surface area contributed by atoms with Crippen LogP contribution in [0.1, 0.15) is 20.8 Å². The number of hydrogen-bond donors (Lipinski definition) is 1. The monoisotopic (exact) mass is 186 g/mol. The predicted molar refractivity (Wildman–Crippen MR) is 57.9 cm³/mol. The Hall–Kier alpha value is -0.0831. The van der Waals surface area contributed by atoms with Crippen LogP contribution in [-0.2, 0) is 0 Å². The highest BCUT2D eigenvalue weighted by Gasteiger charge is 2.22. The topological polar surface area (TPSA) is 20.2 Å². The lowest BCUT2D eigenvalue weighted by Gasteiger charge is -2.22. The molecule has 72 valence electrons. The average molecular weight is 186 g/mol. The van der Waals surface area contributed by atoms with E-state index >= 15 is 0 Å². The summed E-state index contributed by atoms with van der Waals surface area (Å²) < 4.78 is 0. The molecule has 1 nitrogen and oxygen atoms in total. The first kappa shape index (κ1) is 11.9. The Bertz CT molecular complexity index is 160. The van der Waals surface area contributed by atoms with Gasteiger partial charge in [0.15, 0.2) is 0 Å². The SMILES string of the molecule is CC(C)(C)/C=C/[C@@H](O)[Si](C)(C)C. The van der Waals surface area contributed by atoms with Crippen molar-refractivity contribution >= 4 is 8.07 Å². The van der Waals surface area contributed by atoms with Crippen molar-refractivity contribution in [3.05, 3.63) is 12.2 Å². The number of aliphatic hydroxyl groups excluding tert-OH is 1. The second kappa shape index (κ2) is 3.75. The van der Waals surface area contributed by atoms with Crippen molar-refractivity contribution in [1.82, 2.24) is 0 Å².